The van der Waals surface area contributed by atoms with E-state index >= 15 is 0 Å². The number of rotatable bonds is 15. The van der Waals surface area contributed by atoms with Crippen LogP contribution in [0.15, 0.2) is 0 Å². The first kappa shape index (κ1) is 21.4. The van der Waals surface area contributed by atoms with Crippen molar-refractivity contribution in [3.63, 3.8) is 0 Å². The lowest BCUT2D eigenvalue weighted by atomic mass is 10.0. The molecule has 4 heteroatoms. The van der Waals surface area contributed by atoms with Crippen LogP contribution in [0.1, 0.15) is 97.3 Å². The molecular formula is C18H36O4. The number of carbonyl (C=O) groups excluding carboxylic acids is 1. The molecule has 0 unspecified atom stereocenters. The molecule has 0 aromatic carbocycles. The van der Waals surface area contributed by atoms with E-state index in [0.29, 0.717) is 6.42 Å². The zero-order valence-corrected chi connectivity index (χ0v) is 14.6. The van der Waals surface area contributed by atoms with Gasteiger partial charge in [-0.1, -0.05) is 78.1 Å². The topological polar surface area (TPSA) is 66.8 Å². The zero-order valence-electron chi connectivity index (χ0n) is 14.6. The van der Waals surface area contributed by atoms with E-state index < -0.39 is 11.8 Å². The van der Waals surface area contributed by atoms with Gasteiger partial charge in [-0.15, -0.1) is 0 Å². The molecule has 0 fully saturated rings. The summed E-state index contributed by atoms with van der Waals surface area (Å²) in [6.07, 6.45) is 13.0. The van der Waals surface area contributed by atoms with Crippen molar-refractivity contribution in [2.24, 2.45) is 0 Å². The fourth-order valence-electron chi connectivity index (χ4n) is 2.42. The molecule has 2 N–H and O–H groups in total. The first-order chi connectivity index (χ1) is 10.5. The highest BCUT2D eigenvalue weighted by Crippen LogP contribution is 2.16. The van der Waals surface area contributed by atoms with Gasteiger partial charge in [-0.3, -0.25) is 0 Å². The van der Waals surface area contributed by atoms with Gasteiger partial charge in [0.2, 0.25) is 0 Å². The van der Waals surface area contributed by atoms with E-state index in [-0.39, 0.29) is 13.0 Å². The molecule has 0 spiro atoms. The molecule has 22 heavy (non-hydrogen) atoms. The summed E-state index contributed by atoms with van der Waals surface area (Å²) < 4.78 is 4.94. The van der Waals surface area contributed by atoms with Gasteiger partial charge in [-0.05, 0) is 12.8 Å². The summed E-state index contributed by atoms with van der Waals surface area (Å²) in [4.78, 5) is 11.6. The normalized spacial score (nSPS) is 11.6. The number of ether oxygens (including phenoxy) is 1. The summed E-state index contributed by atoms with van der Waals surface area (Å²) in [6, 6.07) is 0. The number of esters is 1. The Kier molecular flexibility index (Phi) is 13.6. The number of unbranched alkanes of at least 4 members (excludes halogenated alkanes) is 10. The maximum absolute atomic E-state index is 11.6. The zero-order chi connectivity index (χ0) is 16.7. The van der Waals surface area contributed by atoms with Gasteiger partial charge in [-0.25, -0.2) is 4.79 Å². The van der Waals surface area contributed by atoms with Gasteiger partial charge in [0.15, 0.2) is 0 Å². The van der Waals surface area contributed by atoms with E-state index in [1.165, 1.54) is 32.1 Å². The predicted molar refractivity (Wildman–Crippen MR) is 89.5 cm³/mol. The molecule has 0 rings (SSSR count). The first-order valence-corrected chi connectivity index (χ1v) is 9.16. The van der Waals surface area contributed by atoms with Crippen LogP contribution in [-0.2, 0) is 9.53 Å². The molecule has 0 amide bonds. The highest BCUT2D eigenvalue weighted by atomic mass is 16.6. The molecule has 0 heterocycles. The van der Waals surface area contributed by atoms with Gasteiger partial charge < -0.3 is 14.9 Å². The lowest BCUT2D eigenvalue weighted by Gasteiger charge is -2.19. The summed E-state index contributed by atoms with van der Waals surface area (Å²) in [5, 5.41) is 19.5. The second-order valence-corrected chi connectivity index (χ2v) is 6.24. The molecule has 0 atom stereocenters. The molecule has 0 aliphatic rings. The van der Waals surface area contributed by atoms with Gasteiger partial charge >= 0.3 is 5.97 Å². The average Bonchev–Trinajstić information content (AvgIpc) is 2.49. The van der Waals surface area contributed by atoms with Crippen LogP contribution in [0.25, 0.3) is 0 Å². The van der Waals surface area contributed by atoms with E-state index in [1.54, 1.807) is 0 Å². The maximum Gasteiger partial charge on any atom is 0.366 e. The van der Waals surface area contributed by atoms with Crippen molar-refractivity contribution in [1.29, 1.82) is 0 Å². The van der Waals surface area contributed by atoms with Crippen molar-refractivity contribution in [2.45, 2.75) is 103 Å². The van der Waals surface area contributed by atoms with Gasteiger partial charge in [0.05, 0.1) is 6.61 Å². The van der Waals surface area contributed by atoms with E-state index in [9.17, 15) is 15.0 Å². The molecule has 0 aliphatic carbocycles. The van der Waals surface area contributed by atoms with E-state index in [2.05, 4.69) is 13.8 Å². The lowest BCUT2D eigenvalue weighted by molar-refractivity contribution is -0.212. The van der Waals surface area contributed by atoms with E-state index in [1.807, 2.05) is 0 Å². The van der Waals surface area contributed by atoms with Crippen LogP contribution >= 0.6 is 0 Å². The van der Waals surface area contributed by atoms with Crippen molar-refractivity contribution in [3.05, 3.63) is 0 Å². The Labute approximate surface area is 136 Å². The van der Waals surface area contributed by atoms with Crippen molar-refractivity contribution in [2.75, 3.05) is 6.61 Å². The smallest absolute Gasteiger partial charge is 0.366 e. The molecule has 0 aromatic heterocycles. The molecule has 0 radical (unpaired) electrons. The molecule has 0 aliphatic heterocycles. The molecular weight excluding hydrogens is 280 g/mol. The number of carbonyl (C=O) groups is 1. The quantitative estimate of drug-likeness (QED) is 0.268. The second-order valence-electron chi connectivity index (χ2n) is 6.24. The largest absolute Gasteiger partial charge is 0.462 e. The van der Waals surface area contributed by atoms with Crippen molar-refractivity contribution >= 4 is 5.97 Å². The first-order valence-electron chi connectivity index (χ1n) is 9.16. The fraction of sp³-hybridized carbons (Fsp3) is 0.944. The Balaban J connectivity index is 3.59. The van der Waals surface area contributed by atoms with Gasteiger partial charge in [0.1, 0.15) is 0 Å². The maximum atomic E-state index is 11.6. The minimum atomic E-state index is -2.31. The second kappa shape index (κ2) is 14.0. The summed E-state index contributed by atoms with van der Waals surface area (Å²) >= 11 is 0. The summed E-state index contributed by atoms with van der Waals surface area (Å²) in [6.45, 7) is 4.59. The minimum absolute atomic E-state index is 0.0652. The Morgan fingerprint density at radius 3 is 1.77 bits per heavy atom. The molecule has 132 valence electrons. The number of hydrogen-bond donors (Lipinski definition) is 2. The Bertz CT molecular complexity index is 264. The van der Waals surface area contributed by atoms with Crippen LogP contribution in [0, 0.1) is 0 Å². The fourth-order valence-corrected chi connectivity index (χ4v) is 2.42. The standard InChI is InChI=1S/C18H36O4/c1-3-5-7-9-10-11-12-13-15-18(20,21)17(19)22-16-14-8-6-4-2/h20-21H,3-16H2,1-2H3. The minimum Gasteiger partial charge on any atom is -0.462 e. The lowest BCUT2D eigenvalue weighted by Crippen LogP contribution is -2.40. The Hall–Kier alpha value is -0.610. The summed E-state index contributed by atoms with van der Waals surface area (Å²) in [7, 11) is 0. The summed E-state index contributed by atoms with van der Waals surface area (Å²) in [5.41, 5.74) is 0. The van der Waals surface area contributed by atoms with Crippen LogP contribution in [0.4, 0.5) is 0 Å². The SMILES string of the molecule is CCCCCCCCCCC(O)(O)C(=O)OCCCCCC. The van der Waals surface area contributed by atoms with Crippen LogP contribution in [0.5, 0.6) is 0 Å². The van der Waals surface area contributed by atoms with Crippen LogP contribution in [0.2, 0.25) is 0 Å². The van der Waals surface area contributed by atoms with E-state index in [4.69, 9.17) is 4.74 Å². The average molecular weight is 316 g/mol. The van der Waals surface area contributed by atoms with Crippen LogP contribution in [0.3, 0.4) is 0 Å². The summed E-state index contributed by atoms with van der Waals surface area (Å²) in [5.74, 6) is -3.21. The van der Waals surface area contributed by atoms with Gasteiger partial charge in [0, 0.05) is 6.42 Å². The van der Waals surface area contributed by atoms with Crippen LogP contribution in [-0.4, -0.2) is 28.6 Å². The predicted octanol–water partition coefficient (Wildman–Crippen LogP) is 4.32. The van der Waals surface area contributed by atoms with Crippen molar-refractivity contribution in [3.8, 4) is 0 Å². The highest BCUT2D eigenvalue weighted by Gasteiger charge is 2.34. The number of aliphatic hydroxyl groups is 2. The highest BCUT2D eigenvalue weighted by molar-refractivity contribution is 5.77. The van der Waals surface area contributed by atoms with Crippen LogP contribution < -0.4 is 0 Å². The molecule has 0 aromatic rings. The Morgan fingerprint density at radius 2 is 1.23 bits per heavy atom. The third-order valence-corrected chi connectivity index (χ3v) is 3.94. The van der Waals surface area contributed by atoms with Gasteiger partial charge in [-0.2, -0.15) is 0 Å². The molecule has 0 bridgehead atoms. The van der Waals surface area contributed by atoms with E-state index in [0.717, 1.165) is 38.5 Å². The molecule has 4 nitrogen and oxygen atoms in total. The van der Waals surface area contributed by atoms with Gasteiger partial charge in [0.25, 0.3) is 5.79 Å². The third-order valence-electron chi connectivity index (χ3n) is 3.94. The Morgan fingerprint density at radius 1 is 0.773 bits per heavy atom. The molecule has 0 saturated heterocycles. The number of hydrogen-bond acceptors (Lipinski definition) is 4. The monoisotopic (exact) mass is 316 g/mol. The van der Waals surface area contributed by atoms with Crippen molar-refractivity contribution < 1.29 is 19.7 Å². The van der Waals surface area contributed by atoms with Crippen molar-refractivity contribution in [1.82, 2.24) is 0 Å². The third kappa shape index (κ3) is 12.0. The molecule has 0 saturated carbocycles.